The SMILES string of the molecule is CC(C(=O)NC(=O)NC1CCCC1)N1CCCN(c2nccs2)CC1. The maximum atomic E-state index is 12.4. The number of rotatable bonds is 4. The van der Waals surface area contributed by atoms with Gasteiger partial charge in [0.2, 0.25) is 5.91 Å². The van der Waals surface area contributed by atoms with Crippen LogP contribution in [0, 0.1) is 0 Å². The van der Waals surface area contributed by atoms with Gasteiger partial charge in [0.1, 0.15) is 0 Å². The van der Waals surface area contributed by atoms with E-state index < -0.39 is 0 Å². The molecule has 1 unspecified atom stereocenters. The lowest BCUT2D eigenvalue weighted by Gasteiger charge is -2.26. The summed E-state index contributed by atoms with van der Waals surface area (Å²) in [5, 5.41) is 8.43. The van der Waals surface area contributed by atoms with Crippen LogP contribution in [0.15, 0.2) is 11.6 Å². The third kappa shape index (κ3) is 4.92. The monoisotopic (exact) mass is 365 g/mol. The summed E-state index contributed by atoms with van der Waals surface area (Å²) in [6.45, 7) is 5.30. The third-order valence-corrected chi connectivity index (χ3v) is 5.91. The predicted octanol–water partition coefficient (Wildman–Crippen LogP) is 1.81. The van der Waals surface area contributed by atoms with Crippen molar-refractivity contribution in [2.24, 2.45) is 0 Å². The molecule has 1 aliphatic carbocycles. The van der Waals surface area contributed by atoms with Crippen LogP contribution in [0.1, 0.15) is 39.0 Å². The summed E-state index contributed by atoms with van der Waals surface area (Å²) in [6.07, 6.45) is 7.12. The number of amides is 3. The Balaban J connectivity index is 1.47. The second-order valence-corrected chi connectivity index (χ2v) is 7.68. The molecule has 1 aromatic rings. The van der Waals surface area contributed by atoms with Crippen molar-refractivity contribution in [2.75, 3.05) is 31.1 Å². The van der Waals surface area contributed by atoms with Crippen LogP contribution in [-0.4, -0.2) is 60.1 Å². The van der Waals surface area contributed by atoms with E-state index in [-0.39, 0.29) is 24.0 Å². The molecule has 3 amide bonds. The molecule has 2 aliphatic rings. The minimum Gasteiger partial charge on any atom is -0.347 e. The van der Waals surface area contributed by atoms with E-state index in [0.717, 1.165) is 63.4 Å². The van der Waals surface area contributed by atoms with Crippen molar-refractivity contribution in [3.05, 3.63) is 11.6 Å². The molecule has 0 bridgehead atoms. The van der Waals surface area contributed by atoms with Gasteiger partial charge in [-0.05, 0) is 26.2 Å². The zero-order valence-corrected chi connectivity index (χ0v) is 15.6. The predicted molar refractivity (Wildman–Crippen MR) is 98.9 cm³/mol. The highest BCUT2D eigenvalue weighted by Crippen LogP contribution is 2.20. The van der Waals surface area contributed by atoms with Crippen LogP contribution in [0.4, 0.5) is 9.93 Å². The first-order valence-electron chi connectivity index (χ1n) is 9.13. The molecule has 0 radical (unpaired) electrons. The smallest absolute Gasteiger partial charge is 0.321 e. The van der Waals surface area contributed by atoms with Crippen molar-refractivity contribution < 1.29 is 9.59 Å². The summed E-state index contributed by atoms with van der Waals surface area (Å²) < 4.78 is 0. The normalized spacial score (nSPS) is 20.9. The van der Waals surface area contributed by atoms with Crippen LogP contribution < -0.4 is 15.5 Å². The van der Waals surface area contributed by atoms with Gasteiger partial charge in [0.05, 0.1) is 6.04 Å². The van der Waals surface area contributed by atoms with Gasteiger partial charge < -0.3 is 10.2 Å². The summed E-state index contributed by atoms with van der Waals surface area (Å²) >= 11 is 1.64. The van der Waals surface area contributed by atoms with Crippen LogP contribution in [0.5, 0.6) is 0 Å². The van der Waals surface area contributed by atoms with Gasteiger partial charge in [0.25, 0.3) is 0 Å². The molecular weight excluding hydrogens is 338 g/mol. The Hall–Kier alpha value is -1.67. The number of thiazole rings is 1. The van der Waals surface area contributed by atoms with Crippen molar-refractivity contribution in [1.29, 1.82) is 0 Å². The minimum absolute atomic E-state index is 0.216. The van der Waals surface area contributed by atoms with Crippen LogP contribution in [0.3, 0.4) is 0 Å². The van der Waals surface area contributed by atoms with Crippen LogP contribution >= 0.6 is 11.3 Å². The third-order valence-electron chi connectivity index (χ3n) is 5.07. The van der Waals surface area contributed by atoms with Crippen molar-refractivity contribution in [3.8, 4) is 0 Å². The Morgan fingerprint density at radius 1 is 1.20 bits per heavy atom. The fourth-order valence-corrected chi connectivity index (χ4v) is 4.26. The highest BCUT2D eigenvalue weighted by molar-refractivity contribution is 7.13. The van der Waals surface area contributed by atoms with Gasteiger partial charge in [0.15, 0.2) is 5.13 Å². The van der Waals surface area contributed by atoms with E-state index in [0.29, 0.717) is 0 Å². The highest BCUT2D eigenvalue weighted by Gasteiger charge is 2.26. The Morgan fingerprint density at radius 3 is 2.72 bits per heavy atom. The average Bonchev–Trinajstić information content (AvgIpc) is 3.24. The average molecular weight is 366 g/mol. The van der Waals surface area contributed by atoms with Gasteiger partial charge in [-0.3, -0.25) is 15.0 Å². The standard InChI is InChI=1S/C17H27N5O2S/c1-13(15(23)20-16(24)19-14-5-2-3-6-14)21-8-4-9-22(11-10-21)17-18-7-12-25-17/h7,12-14H,2-6,8-11H2,1H3,(H2,19,20,23,24). The lowest BCUT2D eigenvalue weighted by molar-refractivity contribution is -0.124. The molecule has 1 saturated heterocycles. The van der Waals surface area contributed by atoms with E-state index >= 15 is 0 Å². The van der Waals surface area contributed by atoms with E-state index in [1.807, 2.05) is 18.5 Å². The molecule has 8 heteroatoms. The molecule has 7 nitrogen and oxygen atoms in total. The summed E-state index contributed by atoms with van der Waals surface area (Å²) in [5.74, 6) is -0.224. The van der Waals surface area contributed by atoms with Crippen LogP contribution in [0.25, 0.3) is 0 Å². The molecule has 1 saturated carbocycles. The minimum atomic E-state index is -0.358. The van der Waals surface area contributed by atoms with E-state index in [9.17, 15) is 9.59 Å². The second-order valence-electron chi connectivity index (χ2n) is 6.81. The topological polar surface area (TPSA) is 77.6 Å². The van der Waals surface area contributed by atoms with Gasteiger partial charge >= 0.3 is 6.03 Å². The summed E-state index contributed by atoms with van der Waals surface area (Å²) in [7, 11) is 0. The van der Waals surface area contributed by atoms with Gasteiger partial charge in [-0.15, -0.1) is 11.3 Å². The molecule has 2 N–H and O–H groups in total. The van der Waals surface area contributed by atoms with Gasteiger partial charge in [-0.1, -0.05) is 12.8 Å². The molecular formula is C17H27N5O2S. The molecule has 1 aliphatic heterocycles. The lowest BCUT2D eigenvalue weighted by Crippen LogP contribution is -2.51. The number of aromatic nitrogens is 1. The number of hydrogen-bond acceptors (Lipinski definition) is 6. The zero-order chi connectivity index (χ0) is 17.6. The van der Waals surface area contributed by atoms with Crippen molar-refractivity contribution in [3.63, 3.8) is 0 Å². The van der Waals surface area contributed by atoms with E-state index in [2.05, 4.69) is 25.4 Å². The molecule has 3 rings (SSSR count). The maximum Gasteiger partial charge on any atom is 0.321 e. The number of carbonyl (C=O) groups is 2. The van der Waals surface area contributed by atoms with Crippen molar-refractivity contribution in [1.82, 2.24) is 20.5 Å². The number of anilines is 1. The van der Waals surface area contributed by atoms with E-state index in [1.54, 1.807) is 11.3 Å². The number of imide groups is 1. The van der Waals surface area contributed by atoms with Crippen LogP contribution in [-0.2, 0) is 4.79 Å². The molecule has 1 aromatic heterocycles. The number of hydrogen-bond donors (Lipinski definition) is 2. The molecule has 0 aromatic carbocycles. The largest absolute Gasteiger partial charge is 0.347 e. The summed E-state index contributed by atoms with van der Waals surface area (Å²) in [6, 6.07) is -0.457. The Labute approximate surface area is 152 Å². The van der Waals surface area contributed by atoms with E-state index in [4.69, 9.17) is 0 Å². The fraction of sp³-hybridized carbons (Fsp3) is 0.706. The van der Waals surface area contributed by atoms with Gasteiger partial charge in [-0.25, -0.2) is 9.78 Å². The number of urea groups is 1. The first-order chi connectivity index (χ1) is 12.1. The quantitative estimate of drug-likeness (QED) is 0.851. The van der Waals surface area contributed by atoms with Crippen LogP contribution in [0.2, 0.25) is 0 Å². The second kappa shape index (κ2) is 8.62. The van der Waals surface area contributed by atoms with E-state index in [1.165, 1.54) is 0 Å². The number of carbonyl (C=O) groups excluding carboxylic acids is 2. The summed E-state index contributed by atoms with van der Waals surface area (Å²) in [5.41, 5.74) is 0. The van der Waals surface area contributed by atoms with Crippen molar-refractivity contribution >= 4 is 28.4 Å². The Kier molecular flexibility index (Phi) is 6.25. The Morgan fingerprint density at radius 2 is 2.00 bits per heavy atom. The molecule has 138 valence electrons. The van der Waals surface area contributed by atoms with Crippen molar-refractivity contribution in [2.45, 2.75) is 51.1 Å². The summed E-state index contributed by atoms with van der Waals surface area (Å²) in [4.78, 5) is 33.2. The number of nitrogens with one attached hydrogen (secondary N) is 2. The first-order valence-corrected chi connectivity index (χ1v) is 10.0. The van der Waals surface area contributed by atoms with Gasteiger partial charge in [-0.2, -0.15) is 0 Å². The molecule has 2 heterocycles. The fourth-order valence-electron chi connectivity index (χ4n) is 3.56. The number of nitrogens with zero attached hydrogens (tertiary/aromatic N) is 3. The molecule has 1 atom stereocenters. The molecule has 0 spiro atoms. The Bertz CT molecular complexity index is 574. The maximum absolute atomic E-state index is 12.4. The van der Waals surface area contributed by atoms with Gasteiger partial charge in [0, 0.05) is 43.8 Å². The zero-order valence-electron chi connectivity index (χ0n) is 14.7. The lowest BCUT2D eigenvalue weighted by atomic mass is 10.2. The first kappa shape index (κ1) is 18.1. The highest BCUT2D eigenvalue weighted by atomic mass is 32.1. The molecule has 25 heavy (non-hydrogen) atoms. The molecule has 2 fully saturated rings.